The lowest BCUT2D eigenvalue weighted by Gasteiger charge is -2.18. The van der Waals surface area contributed by atoms with Crippen LogP contribution in [0.3, 0.4) is 0 Å². The summed E-state index contributed by atoms with van der Waals surface area (Å²) in [5.41, 5.74) is 1.45. The van der Waals surface area contributed by atoms with Crippen molar-refractivity contribution in [2.45, 2.75) is 25.8 Å². The molecule has 0 aliphatic carbocycles. The highest BCUT2D eigenvalue weighted by molar-refractivity contribution is 6.31. The molecule has 1 saturated heterocycles. The standard InChI is InChI=1S/C12H15ClFNO/c1-7-11(14)9(13)6-8(12(7)16-2)10-4-3-5-15-10/h6,10,15H,3-5H2,1-2H3. The summed E-state index contributed by atoms with van der Waals surface area (Å²) in [6.45, 7) is 2.68. The van der Waals surface area contributed by atoms with Gasteiger partial charge in [0.05, 0.1) is 12.1 Å². The zero-order valence-corrected chi connectivity index (χ0v) is 10.2. The molecule has 1 heterocycles. The maximum absolute atomic E-state index is 13.6. The first-order chi connectivity index (χ1) is 7.65. The van der Waals surface area contributed by atoms with Crippen LogP contribution in [-0.2, 0) is 0 Å². The van der Waals surface area contributed by atoms with E-state index in [1.165, 1.54) is 0 Å². The molecule has 1 aromatic rings. The number of methoxy groups -OCH3 is 1. The van der Waals surface area contributed by atoms with E-state index >= 15 is 0 Å². The highest BCUT2D eigenvalue weighted by Crippen LogP contribution is 2.37. The summed E-state index contributed by atoms with van der Waals surface area (Å²) in [6, 6.07) is 1.90. The smallest absolute Gasteiger partial charge is 0.148 e. The van der Waals surface area contributed by atoms with Gasteiger partial charge in [-0.15, -0.1) is 0 Å². The summed E-state index contributed by atoms with van der Waals surface area (Å²) in [7, 11) is 1.56. The third-order valence-electron chi connectivity index (χ3n) is 3.06. The second kappa shape index (κ2) is 4.60. The van der Waals surface area contributed by atoms with E-state index in [0.29, 0.717) is 11.3 Å². The number of ether oxygens (including phenoxy) is 1. The number of nitrogens with one attached hydrogen (secondary N) is 1. The Kier molecular flexibility index (Phi) is 3.36. The van der Waals surface area contributed by atoms with Crippen LogP contribution in [0.4, 0.5) is 4.39 Å². The molecule has 1 aromatic carbocycles. The normalized spacial score (nSPS) is 20.1. The molecule has 0 bridgehead atoms. The van der Waals surface area contributed by atoms with E-state index in [1.54, 1.807) is 20.1 Å². The Morgan fingerprint density at radius 2 is 2.31 bits per heavy atom. The summed E-state index contributed by atoms with van der Waals surface area (Å²) >= 11 is 5.87. The summed E-state index contributed by atoms with van der Waals surface area (Å²) in [5.74, 6) is 0.224. The molecule has 0 radical (unpaired) electrons. The summed E-state index contributed by atoms with van der Waals surface area (Å²) < 4.78 is 18.9. The third-order valence-corrected chi connectivity index (χ3v) is 3.34. The molecular weight excluding hydrogens is 229 g/mol. The fraction of sp³-hybridized carbons (Fsp3) is 0.500. The molecule has 1 aliphatic heterocycles. The van der Waals surface area contributed by atoms with Crippen LogP contribution in [0.25, 0.3) is 0 Å². The number of hydrogen-bond acceptors (Lipinski definition) is 2. The van der Waals surface area contributed by atoms with E-state index in [2.05, 4.69) is 5.32 Å². The monoisotopic (exact) mass is 243 g/mol. The van der Waals surface area contributed by atoms with Gasteiger partial charge < -0.3 is 10.1 Å². The fourth-order valence-electron chi connectivity index (χ4n) is 2.24. The Morgan fingerprint density at radius 1 is 1.56 bits per heavy atom. The maximum Gasteiger partial charge on any atom is 0.148 e. The Labute approximate surface area is 99.7 Å². The Hall–Kier alpha value is -0.800. The molecule has 88 valence electrons. The maximum atomic E-state index is 13.6. The van der Waals surface area contributed by atoms with Crippen molar-refractivity contribution in [2.75, 3.05) is 13.7 Å². The summed E-state index contributed by atoms with van der Waals surface area (Å²) in [6.07, 6.45) is 2.17. The van der Waals surface area contributed by atoms with E-state index < -0.39 is 0 Å². The Morgan fingerprint density at radius 3 is 2.88 bits per heavy atom. The highest BCUT2D eigenvalue weighted by Gasteiger charge is 2.23. The van der Waals surface area contributed by atoms with E-state index in [0.717, 1.165) is 24.9 Å². The molecule has 16 heavy (non-hydrogen) atoms. The van der Waals surface area contributed by atoms with Crippen molar-refractivity contribution < 1.29 is 9.13 Å². The molecular formula is C12H15ClFNO. The molecule has 1 N–H and O–H groups in total. The topological polar surface area (TPSA) is 21.3 Å². The van der Waals surface area contributed by atoms with E-state index in [-0.39, 0.29) is 16.9 Å². The molecule has 1 aliphatic rings. The van der Waals surface area contributed by atoms with Crippen LogP contribution >= 0.6 is 11.6 Å². The molecule has 4 heteroatoms. The van der Waals surface area contributed by atoms with E-state index in [4.69, 9.17) is 16.3 Å². The first kappa shape index (κ1) is 11.7. The number of rotatable bonds is 2. The molecule has 0 aromatic heterocycles. The number of benzene rings is 1. The van der Waals surface area contributed by atoms with E-state index in [1.807, 2.05) is 0 Å². The predicted molar refractivity (Wildman–Crippen MR) is 62.7 cm³/mol. The SMILES string of the molecule is COc1c(C2CCCN2)cc(Cl)c(F)c1C. The van der Waals surface area contributed by atoms with Crippen LogP contribution in [0.15, 0.2) is 6.07 Å². The Bertz CT molecular complexity index is 402. The minimum Gasteiger partial charge on any atom is -0.496 e. The van der Waals surface area contributed by atoms with Gasteiger partial charge in [-0.3, -0.25) is 0 Å². The molecule has 1 unspecified atom stereocenters. The summed E-state index contributed by atoms with van der Waals surface area (Å²) in [5, 5.41) is 3.53. The minimum atomic E-state index is -0.389. The molecule has 1 atom stereocenters. The van der Waals surface area contributed by atoms with Crippen LogP contribution in [0.2, 0.25) is 5.02 Å². The molecule has 0 spiro atoms. The Balaban J connectivity index is 2.50. The van der Waals surface area contributed by atoms with Gasteiger partial charge in [-0.05, 0) is 32.4 Å². The van der Waals surface area contributed by atoms with Gasteiger partial charge in [0.1, 0.15) is 11.6 Å². The van der Waals surface area contributed by atoms with Crippen LogP contribution < -0.4 is 10.1 Å². The third kappa shape index (κ3) is 1.89. The molecule has 1 fully saturated rings. The van der Waals surface area contributed by atoms with Crippen LogP contribution in [0.1, 0.15) is 30.0 Å². The minimum absolute atomic E-state index is 0.169. The highest BCUT2D eigenvalue weighted by atomic mass is 35.5. The van der Waals surface area contributed by atoms with Gasteiger partial charge in [0.15, 0.2) is 0 Å². The molecule has 2 nitrogen and oxygen atoms in total. The molecule has 0 amide bonds. The van der Waals surface area contributed by atoms with Gasteiger partial charge in [-0.1, -0.05) is 11.6 Å². The van der Waals surface area contributed by atoms with Crippen molar-refractivity contribution in [1.82, 2.24) is 5.32 Å². The van der Waals surface area contributed by atoms with Crippen molar-refractivity contribution >= 4 is 11.6 Å². The van der Waals surface area contributed by atoms with Crippen molar-refractivity contribution in [3.8, 4) is 5.75 Å². The van der Waals surface area contributed by atoms with Crippen molar-refractivity contribution in [3.05, 3.63) is 28.0 Å². The average molecular weight is 244 g/mol. The average Bonchev–Trinajstić information content (AvgIpc) is 2.79. The van der Waals surface area contributed by atoms with Crippen molar-refractivity contribution in [2.24, 2.45) is 0 Å². The first-order valence-corrected chi connectivity index (χ1v) is 5.78. The van der Waals surface area contributed by atoms with Gasteiger partial charge >= 0.3 is 0 Å². The molecule has 0 saturated carbocycles. The lowest BCUT2D eigenvalue weighted by Crippen LogP contribution is -2.14. The van der Waals surface area contributed by atoms with Gasteiger partial charge in [0, 0.05) is 17.2 Å². The zero-order valence-electron chi connectivity index (χ0n) is 9.44. The van der Waals surface area contributed by atoms with Crippen LogP contribution in [0.5, 0.6) is 5.75 Å². The lowest BCUT2D eigenvalue weighted by molar-refractivity contribution is 0.395. The lowest BCUT2D eigenvalue weighted by atomic mass is 10.0. The van der Waals surface area contributed by atoms with Crippen LogP contribution in [0, 0.1) is 12.7 Å². The second-order valence-electron chi connectivity index (χ2n) is 4.07. The second-order valence-corrected chi connectivity index (χ2v) is 4.48. The number of hydrogen-bond donors (Lipinski definition) is 1. The van der Waals surface area contributed by atoms with Crippen molar-refractivity contribution in [1.29, 1.82) is 0 Å². The van der Waals surface area contributed by atoms with Gasteiger partial charge in [-0.2, -0.15) is 0 Å². The quantitative estimate of drug-likeness (QED) is 0.861. The van der Waals surface area contributed by atoms with Gasteiger partial charge in [-0.25, -0.2) is 4.39 Å². The number of halogens is 2. The van der Waals surface area contributed by atoms with Gasteiger partial charge in [0.25, 0.3) is 0 Å². The van der Waals surface area contributed by atoms with Crippen molar-refractivity contribution in [3.63, 3.8) is 0 Å². The largest absolute Gasteiger partial charge is 0.496 e. The predicted octanol–water partition coefficient (Wildman–Crippen LogP) is 3.22. The van der Waals surface area contributed by atoms with E-state index in [9.17, 15) is 4.39 Å². The van der Waals surface area contributed by atoms with Crippen LogP contribution in [-0.4, -0.2) is 13.7 Å². The van der Waals surface area contributed by atoms with Gasteiger partial charge in [0.2, 0.25) is 0 Å². The zero-order chi connectivity index (χ0) is 11.7. The molecule has 2 rings (SSSR count). The first-order valence-electron chi connectivity index (χ1n) is 5.41. The fourth-order valence-corrected chi connectivity index (χ4v) is 2.50. The summed E-state index contributed by atoms with van der Waals surface area (Å²) in [4.78, 5) is 0.